The van der Waals surface area contributed by atoms with Gasteiger partial charge in [0.05, 0.1) is 17.7 Å². The molecule has 172 valence electrons. The molecule has 8 nitrogen and oxygen atoms in total. The van der Waals surface area contributed by atoms with Crippen molar-refractivity contribution in [1.29, 1.82) is 0 Å². The molecule has 0 aliphatic carbocycles. The molecule has 2 aromatic carbocycles. The maximum Gasteiger partial charge on any atom is 0.416 e. The number of hydrogen-bond donors (Lipinski definition) is 4. The van der Waals surface area contributed by atoms with E-state index < -0.39 is 29.6 Å². The summed E-state index contributed by atoms with van der Waals surface area (Å²) in [5.74, 6) is -1.41. The molecular formula is C22H19F3N4O4. The zero-order valence-electron chi connectivity index (χ0n) is 17.2. The van der Waals surface area contributed by atoms with Gasteiger partial charge in [-0.15, -0.1) is 0 Å². The highest BCUT2D eigenvalue weighted by Gasteiger charge is 2.30. The Labute approximate surface area is 185 Å². The molecule has 3 amide bonds. The number of rotatable bonds is 6. The van der Waals surface area contributed by atoms with Crippen LogP contribution >= 0.6 is 0 Å². The average molecular weight is 460 g/mol. The second-order valence-electron chi connectivity index (χ2n) is 6.77. The lowest BCUT2D eigenvalue weighted by Crippen LogP contribution is -2.19. The predicted molar refractivity (Wildman–Crippen MR) is 115 cm³/mol. The van der Waals surface area contributed by atoms with Crippen LogP contribution in [0.1, 0.15) is 33.3 Å². The standard InChI is InChI=1S/C22H19F3N4O4/c1-2-33-20(31)16-11-27-18(19(26)30)17(16)12-6-8-14(9-7-12)28-21(32)29-15-5-3-4-13(10-15)22(23,24)25/h3-11,27H,2H2,1H3,(H2,26,30)(H2,28,29,32). The van der Waals surface area contributed by atoms with Crippen LogP contribution in [-0.4, -0.2) is 29.5 Å². The highest BCUT2D eigenvalue weighted by molar-refractivity contribution is 6.07. The Morgan fingerprint density at radius 1 is 1.03 bits per heavy atom. The average Bonchev–Trinajstić information content (AvgIpc) is 3.20. The number of anilines is 2. The SMILES string of the molecule is CCOC(=O)c1c[nH]c(C(N)=O)c1-c1ccc(NC(=O)Nc2cccc(C(F)(F)F)c2)cc1. The van der Waals surface area contributed by atoms with E-state index in [0.29, 0.717) is 11.3 Å². The zero-order valence-corrected chi connectivity index (χ0v) is 17.2. The Balaban J connectivity index is 1.78. The number of carbonyl (C=O) groups is 3. The molecule has 0 aliphatic rings. The van der Waals surface area contributed by atoms with Gasteiger partial charge in [-0.2, -0.15) is 13.2 Å². The monoisotopic (exact) mass is 460 g/mol. The summed E-state index contributed by atoms with van der Waals surface area (Å²) in [5.41, 5.74) is 5.62. The molecule has 1 aromatic heterocycles. The van der Waals surface area contributed by atoms with Crippen LogP contribution in [0.2, 0.25) is 0 Å². The molecule has 0 spiro atoms. The van der Waals surface area contributed by atoms with Crippen molar-refractivity contribution >= 4 is 29.3 Å². The first-order valence-corrected chi connectivity index (χ1v) is 9.64. The summed E-state index contributed by atoms with van der Waals surface area (Å²) in [7, 11) is 0. The first-order valence-electron chi connectivity index (χ1n) is 9.64. The van der Waals surface area contributed by atoms with Crippen molar-refractivity contribution in [2.45, 2.75) is 13.1 Å². The van der Waals surface area contributed by atoms with Crippen molar-refractivity contribution in [3.8, 4) is 11.1 Å². The van der Waals surface area contributed by atoms with Crippen molar-refractivity contribution in [2.24, 2.45) is 5.73 Å². The van der Waals surface area contributed by atoms with Crippen molar-refractivity contribution in [3.05, 3.63) is 71.5 Å². The first kappa shape index (κ1) is 23.4. The van der Waals surface area contributed by atoms with E-state index >= 15 is 0 Å². The van der Waals surface area contributed by atoms with E-state index in [-0.39, 0.29) is 29.1 Å². The lowest BCUT2D eigenvalue weighted by molar-refractivity contribution is -0.137. The van der Waals surface area contributed by atoms with Crippen molar-refractivity contribution in [2.75, 3.05) is 17.2 Å². The smallest absolute Gasteiger partial charge is 0.416 e. The molecule has 1 heterocycles. The Kier molecular flexibility index (Phi) is 6.71. The van der Waals surface area contributed by atoms with Crippen LogP contribution in [0.15, 0.2) is 54.7 Å². The minimum absolute atomic E-state index is 0.0149. The zero-order chi connectivity index (χ0) is 24.2. The van der Waals surface area contributed by atoms with Crippen LogP contribution in [0.3, 0.4) is 0 Å². The van der Waals surface area contributed by atoms with Crippen LogP contribution in [0.25, 0.3) is 11.1 Å². The van der Waals surface area contributed by atoms with Gasteiger partial charge >= 0.3 is 18.2 Å². The lowest BCUT2D eigenvalue weighted by atomic mass is 10.0. The second kappa shape index (κ2) is 9.47. The summed E-state index contributed by atoms with van der Waals surface area (Å²) >= 11 is 0. The molecule has 5 N–H and O–H groups in total. The summed E-state index contributed by atoms with van der Waals surface area (Å²) in [6.07, 6.45) is -3.21. The van der Waals surface area contributed by atoms with E-state index in [0.717, 1.165) is 12.1 Å². The third-order valence-corrected chi connectivity index (χ3v) is 4.50. The number of alkyl halides is 3. The van der Waals surface area contributed by atoms with E-state index in [9.17, 15) is 27.6 Å². The number of nitrogens with one attached hydrogen (secondary N) is 3. The molecule has 3 rings (SSSR count). The highest BCUT2D eigenvalue weighted by atomic mass is 19.4. The number of aromatic amines is 1. The third kappa shape index (κ3) is 5.50. The van der Waals surface area contributed by atoms with Gasteiger partial charge < -0.3 is 26.1 Å². The van der Waals surface area contributed by atoms with Crippen LogP contribution in [0.5, 0.6) is 0 Å². The first-order chi connectivity index (χ1) is 15.6. The molecule has 0 aliphatic heterocycles. The molecule has 0 unspecified atom stereocenters. The maximum absolute atomic E-state index is 12.8. The largest absolute Gasteiger partial charge is 0.462 e. The van der Waals surface area contributed by atoms with Crippen molar-refractivity contribution in [1.82, 2.24) is 4.98 Å². The fourth-order valence-corrected chi connectivity index (χ4v) is 3.07. The molecule has 11 heteroatoms. The Morgan fingerprint density at radius 2 is 1.70 bits per heavy atom. The summed E-state index contributed by atoms with van der Waals surface area (Å²) in [6.45, 7) is 1.78. The molecule has 0 radical (unpaired) electrons. The van der Waals surface area contributed by atoms with Crippen molar-refractivity contribution < 1.29 is 32.3 Å². The second-order valence-corrected chi connectivity index (χ2v) is 6.77. The Hall–Kier alpha value is -4.28. The van der Waals surface area contributed by atoms with Gasteiger partial charge in [0, 0.05) is 23.1 Å². The third-order valence-electron chi connectivity index (χ3n) is 4.50. The van der Waals surface area contributed by atoms with E-state index in [1.807, 2.05) is 0 Å². The van der Waals surface area contributed by atoms with Crippen molar-refractivity contribution in [3.63, 3.8) is 0 Å². The molecular weight excluding hydrogens is 441 g/mol. The highest BCUT2D eigenvalue weighted by Crippen LogP contribution is 2.31. The number of benzene rings is 2. The van der Waals surface area contributed by atoms with E-state index in [4.69, 9.17) is 10.5 Å². The van der Waals surface area contributed by atoms with Gasteiger partial charge in [-0.05, 0) is 42.8 Å². The summed E-state index contributed by atoms with van der Waals surface area (Å²) < 4.78 is 43.5. The summed E-state index contributed by atoms with van der Waals surface area (Å²) in [4.78, 5) is 38.8. The lowest BCUT2D eigenvalue weighted by Gasteiger charge is -2.11. The fraction of sp³-hybridized carbons (Fsp3) is 0.136. The number of carbonyl (C=O) groups excluding carboxylic acids is 3. The molecule has 0 fully saturated rings. The molecule has 3 aromatic rings. The van der Waals surface area contributed by atoms with Gasteiger partial charge in [0.2, 0.25) is 0 Å². The van der Waals surface area contributed by atoms with Gasteiger partial charge in [0.25, 0.3) is 5.91 Å². The topological polar surface area (TPSA) is 126 Å². The summed E-state index contributed by atoms with van der Waals surface area (Å²) in [5, 5.41) is 4.82. The predicted octanol–water partition coefficient (Wildman–Crippen LogP) is 4.62. The van der Waals surface area contributed by atoms with Crippen LogP contribution in [0, 0.1) is 0 Å². The van der Waals surface area contributed by atoms with Crippen LogP contribution in [0.4, 0.5) is 29.3 Å². The van der Waals surface area contributed by atoms with E-state index in [2.05, 4.69) is 15.6 Å². The fourth-order valence-electron chi connectivity index (χ4n) is 3.07. The number of esters is 1. The number of amides is 3. The molecule has 33 heavy (non-hydrogen) atoms. The van der Waals surface area contributed by atoms with Gasteiger partial charge in [0.15, 0.2) is 0 Å². The Morgan fingerprint density at radius 3 is 2.30 bits per heavy atom. The van der Waals surface area contributed by atoms with Crippen LogP contribution < -0.4 is 16.4 Å². The number of halogens is 3. The normalized spacial score (nSPS) is 11.0. The van der Waals surface area contributed by atoms with Gasteiger partial charge in [-0.25, -0.2) is 9.59 Å². The number of hydrogen-bond acceptors (Lipinski definition) is 4. The molecule has 0 atom stereocenters. The minimum atomic E-state index is -4.53. The number of nitrogens with two attached hydrogens (primary N) is 1. The molecule has 0 saturated heterocycles. The minimum Gasteiger partial charge on any atom is -0.462 e. The summed E-state index contributed by atoms with van der Waals surface area (Å²) in [6, 6.07) is 9.53. The maximum atomic E-state index is 12.8. The van der Waals surface area contributed by atoms with Gasteiger partial charge in [0.1, 0.15) is 5.69 Å². The molecule has 0 bridgehead atoms. The number of aromatic nitrogens is 1. The van der Waals surface area contributed by atoms with Gasteiger partial charge in [-0.3, -0.25) is 4.79 Å². The quantitative estimate of drug-likeness (QED) is 0.401. The number of urea groups is 1. The Bertz CT molecular complexity index is 1190. The van der Waals surface area contributed by atoms with E-state index in [1.165, 1.54) is 42.6 Å². The number of H-pyrrole nitrogens is 1. The van der Waals surface area contributed by atoms with E-state index in [1.54, 1.807) is 6.92 Å². The van der Waals surface area contributed by atoms with Gasteiger partial charge in [-0.1, -0.05) is 18.2 Å². The number of ether oxygens (including phenoxy) is 1. The van der Waals surface area contributed by atoms with Crippen LogP contribution in [-0.2, 0) is 10.9 Å². The number of primary amides is 1. The molecule has 0 saturated carbocycles.